The molecule has 0 aliphatic heterocycles. The maximum atomic E-state index is 14.1. The van der Waals surface area contributed by atoms with Gasteiger partial charge in [-0.15, -0.1) is 0 Å². The molecule has 3 aromatic rings. The van der Waals surface area contributed by atoms with Crippen molar-refractivity contribution in [1.82, 2.24) is 9.97 Å². The highest BCUT2D eigenvalue weighted by Gasteiger charge is 2.55. The Hall–Kier alpha value is -2.94. The summed E-state index contributed by atoms with van der Waals surface area (Å²) in [4.78, 5) is 8.03. The average molecular weight is 451 g/mol. The van der Waals surface area contributed by atoms with Crippen molar-refractivity contribution in [3.8, 4) is 5.75 Å². The molecule has 0 amide bonds. The maximum absolute atomic E-state index is 14.1. The number of methoxy groups -OCH3 is 1. The highest BCUT2D eigenvalue weighted by Crippen LogP contribution is 2.42. The molecule has 172 valence electrons. The van der Waals surface area contributed by atoms with E-state index in [1.165, 1.54) is 19.4 Å². The summed E-state index contributed by atoms with van der Waals surface area (Å²) in [6.45, 7) is 4.01. The summed E-state index contributed by atoms with van der Waals surface area (Å²) in [6, 6.07) is 9.15. The van der Waals surface area contributed by atoms with Gasteiger partial charge in [0.2, 0.25) is 0 Å². The fourth-order valence-corrected chi connectivity index (χ4v) is 3.71. The Labute approximate surface area is 183 Å². The third-order valence-corrected chi connectivity index (χ3v) is 5.51. The number of hydrogen-bond acceptors (Lipinski definition) is 5. The van der Waals surface area contributed by atoms with Crippen LogP contribution in [-0.2, 0) is 5.41 Å². The van der Waals surface area contributed by atoms with Crippen molar-refractivity contribution in [3.05, 3.63) is 59.8 Å². The second-order valence-electron chi connectivity index (χ2n) is 8.45. The van der Waals surface area contributed by atoms with E-state index in [1.807, 2.05) is 0 Å². The minimum absolute atomic E-state index is 0.00485. The summed E-state index contributed by atoms with van der Waals surface area (Å²) >= 11 is 0. The molecule has 0 fully saturated rings. The van der Waals surface area contributed by atoms with Crippen LogP contribution in [-0.4, -0.2) is 40.5 Å². The van der Waals surface area contributed by atoms with E-state index in [2.05, 4.69) is 15.3 Å². The van der Waals surface area contributed by atoms with E-state index in [-0.39, 0.29) is 16.6 Å². The molecule has 0 aliphatic carbocycles. The molecule has 1 unspecified atom stereocenters. The van der Waals surface area contributed by atoms with Gasteiger partial charge in [0, 0.05) is 17.3 Å². The number of hydrogen-bond donors (Lipinski definition) is 2. The van der Waals surface area contributed by atoms with Crippen molar-refractivity contribution in [2.45, 2.75) is 44.4 Å². The lowest BCUT2D eigenvalue weighted by molar-refractivity contribution is -0.260. The molecule has 5 nitrogen and oxygen atoms in total. The monoisotopic (exact) mass is 451 g/mol. The van der Waals surface area contributed by atoms with Crippen LogP contribution in [0.5, 0.6) is 5.75 Å². The Morgan fingerprint density at radius 2 is 1.84 bits per heavy atom. The van der Waals surface area contributed by atoms with Gasteiger partial charge in [0.15, 0.2) is 5.60 Å². The molecule has 1 heterocycles. The van der Waals surface area contributed by atoms with Crippen LogP contribution in [0.4, 0.5) is 23.2 Å². The normalized spacial score (nSPS) is 14.3. The van der Waals surface area contributed by atoms with Gasteiger partial charge in [0.05, 0.1) is 13.7 Å². The number of aliphatic hydroxyl groups is 1. The number of nitrogens with zero attached hydrogens (tertiary/aromatic N) is 2. The largest absolute Gasteiger partial charge is 0.497 e. The van der Waals surface area contributed by atoms with Crippen LogP contribution < -0.4 is 10.1 Å². The molecule has 1 aromatic heterocycles. The van der Waals surface area contributed by atoms with Crippen LogP contribution in [0.1, 0.15) is 31.7 Å². The molecule has 0 aliphatic rings. The molecule has 0 saturated carbocycles. The van der Waals surface area contributed by atoms with E-state index < -0.39 is 36.0 Å². The van der Waals surface area contributed by atoms with Crippen LogP contribution in [0, 0.1) is 12.7 Å². The quantitative estimate of drug-likeness (QED) is 0.486. The lowest BCUT2D eigenvalue weighted by Crippen LogP contribution is -2.53. The maximum Gasteiger partial charge on any atom is 0.418 e. The first kappa shape index (κ1) is 23.7. The van der Waals surface area contributed by atoms with E-state index in [4.69, 9.17) is 4.74 Å². The second kappa shape index (κ2) is 8.54. The van der Waals surface area contributed by atoms with Gasteiger partial charge in [-0.1, -0.05) is 26.0 Å². The van der Waals surface area contributed by atoms with Gasteiger partial charge in [-0.25, -0.2) is 14.4 Å². The molecule has 9 heteroatoms. The summed E-state index contributed by atoms with van der Waals surface area (Å²) in [6.07, 6.45) is -4.19. The van der Waals surface area contributed by atoms with Crippen molar-refractivity contribution in [3.63, 3.8) is 0 Å². The Morgan fingerprint density at radius 3 is 2.50 bits per heavy atom. The van der Waals surface area contributed by atoms with Crippen molar-refractivity contribution in [1.29, 1.82) is 0 Å². The highest BCUT2D eigenvalue weighted by molar-refractivity contribution is 5.91. The zero-order chi connectivity index (χ0) is 23.7. The second-order valence-corrected chi connectivity index (χ2v) is 8.45. The van der Waals surface area contributed by atoms with Crippen LogP contribution in [0.15, 0.2) is 42.6 Å². The predicted octanol–water partition coefficient (Wildman–Crippen LogP) is 5.16. The van der Waals surface area contributed by atoms with Gasteiger partial charge in [0.1, 0.15) is 22.9 Å². The number of ether oxygens (including phenoxy) is 1. The topological polar surface area (TPSA) is 67.3 Å². The van der Waals surface area contributed by atoms with Gasteiger partial charge in [-0.05, 0) is 48.6 Å². The van der Waals surface area contributed by atoms with Crippen molar-refractivity contribution in [2.24, 2.45) is 0 Å². The summed E-state index contributed by atoms with van der Waals surface area (Å²) in [5.74, 6) is 0.235. The molecule has 0 radical (unpaired) electrons. The van der Waals surface area contributed by atoms with Crippen LogP contribution in [0.3, 0.4) is 0 Å². The van der Waals surface area contributed by atoms with Crippen LogP contribution >= 0.6 is 0 Å². The molecule has 0 saturated heterocycles. The zero-order valence-electron chi connectivity index (χ0n) is 18.2. The lowest BCUT2D eigenvalue weighted by atomic mass is 9.74. The molecular weight excluding hydrogens is 426 g/mol. The van der Waals surface area contributed by atoms with E-state index >= 15 is 0 Å². The number of rotatable bonds is 7. The molecule has 2 N–H and O–H groups in total. The molecule has 32 heavy (non-hydrogen) atoms. The standard InChI is InChI=1S/C23H25F4N3O2/c1-14-28-11-17-19(9-8-18(24)20(17)30-14)29-13-22(31,23(25,26)27)12-21(2,3)15-6-5-7-16(10-15)32-4/h5-11,29,31H,12-13H2,1-4H3. The molecule has 0 bridgehead atoms. The van der Waals surface area contributed by atoms with Gasteiger partial charge < -0.3 is 15.2 Å². The summed E-state index contributed by atoms with van der Waals surface area (Å²) < 4.78 is 61.4. The lowest BCUT2D eigenvalue weighted by Gasteiger charge is -2.38. The average Bonchev–Trinajstić information content (AvgIpc) is 2.72. The number of anilines is 1. The minimum Gasteiger partial charge on any atom is -0.497 e. The van der Waals surface area contributed by atoms with E-state index in [0.29, 0.717) is 17.1 Å². The SMILES string of the molecule is COc1cccc(C(C)(C)CC(O)(CNc2ccc(F)c3nc(C)ncc23)C(F)(F)F)c1. The van der Waals surface area contributed by atoms with Crippen molar-refractivity contribution in [2.75, 3.05) is 19.0 Å². The number of nitrogens with one attached hydrogen (secondary N) is 1. The Kier molecular flexibility index (Phi) is 6.33. The first-order chi connectivity index (χ1) is 14.9. The van der Waals surface area contributed by atoms with Crippen molar-refractivity contribution >= 4 is 16.6 Å². The third kappa shape index (κ3) is 4.77. The fourth-order valence-electron chi connectivity index (χ4n) is 3.71. The third-order valence-electron chi connectivity index (χ3n) is 5.51. The van der Waals surface area contributed by atoms with E-state index in [0.717, 1.165) is 6.07 Å². The van der Waals surface area contributed by atoms with E-state index in [9.17, 15) is 22.7 Å². The molecular formula is C23H25F4N3O2. The zero-order valence-corrected chi connectivity index (χ0v) is 18.2. The van der Waals surface area contributed by atoms with Gasteiger partial charge in [0.25, 0.3) is 0 Å². The molecule has 0 spiro atoms. The van der Waals surface area contributed by atoms with E-state index in [1.54, 1.807) is 45.0 Å². The van der Waals surface area contributed by atoms with Gasteiger partial charge >= 0.3 is 6.18 Å². The van der Waals surface area contributed by atoms with Crippen molar-refractivity contribution < 1.29 is 27.4 Å². The molecule has 1 atom stereocenters. The summed E-state index contributed by atoms with van der Waals surface area (Å²) in [7, 11) is 1.47. The molecule has 2 aromatic carbocycles. The fraction of sp³-hybridized carbons (Fsp3) is 0.391. The Balaban J connectivity index is 1.92. The smallest absolute Gasteiger partial charge is 0.418 e. The van der Waals surface area contributed by atoms with Crippen LogP contribution in [0.2, 0.25) is 0 Å². The molecule has 3 rings (SSSR count). The van der Waals surface area contributed by atoms with Gasteiger partial charge in [-0.2, -0.15) is 13.2 Å². The number of alkyl halides is 3. The van der Waals surface area contributed by atoms with Crippen LogP contribution in [0.25, 0.3) is 10.9 Å². The number of fused-ring (bicyclic) bond motifs is 1. The Bertz CT molecular complexity index is 1120. The number of aromatic nitrogens is 2. The summed E-state index contributed by atoms with van der Waals surface area (Å²) in [5, 5.41) is 13.6. The number of aryl methyl sites for hydroxylation is 1. The summed E-state index contributed by atoms with van der Waals surface area (Å²) in [5.41, 5.74) is -3.31. The number of halogens is 4. The van der Waals surface area contributed by atoms with Gasteiger partial charge in [-0.3, -0.25) is 0 Å². The minimum atomic E-state index is -4.92. The first-order valence-electron chi connectivity index (χ1n) is 9.96. The number of benzene rings is 2. The predicted molar refractivity (Wildman–Crippen MR) is 114 cm³/mol. The Morgan fingerprint density at radius 1 is 1.12 bits per heavy atom. The first-order valence-corrected chi connectivity index (χ1v) is 9.96. The highest BCUT2D eigenvalue weighted by atomic mass is 19.4.